The molecule has 5 nitrogen and oxygen atoms in total. The van der Waals surface area contributed by atoms with Crippen LogP contribution in [0.25, 0.3) is 0 Å². The lowest BCUT2D eigenvalue weighted by Crippen LogP contribution is -2.50. The molecule has 0 spiro atoms. The van der Waals surface area contributed by atoms with Gasteiger partial charge in [0.1, 0.15) is 0 Å². The van der Waals surface area contributed by atoms with Gasteiger partial charge in [-0.1, -0.05) is 13.8 Å². The van der Waals surface area contributed by atoms with Gasteiger partial charge in [-0.3, -0.25) is 9.69 Å². The lowest BCUT2D eigenvalue weighted by atomic mass is 10.0. The Morgan fingerprint density at radius 1 is 1.40 bits per heavy atom. The van der Waals surface area contributed by atoms with Crippen LogP contribution in [0.5, 0.6) is 0 Å². The van der Waals surface area contributed by atoms with Crippen molar-refractivity contribution in [2.45, 2.75) is 58.8 Å². The Hall–Kier alpha value is -0.650. The normalized spacial score (nSPS) is 22.2. The van der Waals surface area contributed by atoms with Crippen LogP contribution in [0.15, 0.2) is 0 Å². The van der Waals surface area contributed by atoms with E-state index in [2.05, 4.69) is 10.2 Å². The Morgan fingerprint density at radius 2 is 2.10 bits per heavy atom. The number of nitrogens with zero attached hydrogens (tertiary/aromatic N) is 1. The maximum atomic E-state index is 11.7. The molecule has 0 bridgehead atoms. The molecular weight excluding hydrogens is 256 g/mol. The molecule has 0 aromatic heterocycles. The van der Waals surface area contributed by atoms with Crippen molar-refractivity contribution < 1.29 is 14.6 Å². The maximum absolute atomic E-state index is 11.7. The van der Waals surface area contributed by atoms with E-state index in [1.165, 1.54) is 0 Å². The van der Waals surface area contributed by atoms with Crippen molar-refractivity contribution in [2.75, 3.05) is 26.2 Å². The topological polar surface area (TPSA) is 61.8 Å². The van der Waals surface area contributed by atoms with Gasteiger partial charge < -0.3 is 15.2 Å². The molecule has 20 heavy (non-hydrogen) atoms. The van der Waals surface area contributed by atoms with E-state index in [9.17, 15) is 9.90 Å². The van der Waals surface area contributed by atoms with Crippen LogP contribution in [0.1, 0.15) is 40.5 Å². The van der Waals surface area contributed by atoms with Gasteiger partial charge in [-0.25, -0.2) is 0 Å². The second kappa shape index (κ2) is 8.60. The number of ether oxygens (including phenoxy) is 1. The zero-order chi connectivity index (χ0) is 15.1. The van der Waals surface area contributed by atoms with E-state index in [1.54, 1.807) is 0 Å². The van der Waals surface area contributed by atoms with Gasteiger partial charge in [-0.15, -0.1) is 0 Å². The number of amides is 1. The highest BCUT2D eigenvalue weighted by molar-refractivity contribution is 5.78. The molecule has 2 N–H and O–H groups in total. The monoisotopic (exact) mass is 286 g/mol. The van der Waals surface area contributed by atoms with Crippen LogP contribution < -0.4 is 5.32 Å². The van der Waals surface area contributed by atoms with E-state index in [4.69, 9.17) is 4.74 Å². The SMILES string of the molecule is CC(C)OCC(O)CN1CCCC(NC(=O)C(C)C)C1. The van der Waals surface area contributed by atoms with Gasteiger partial charge in [0.05, 0.1) is 18.8 Å². The largest absolute Gasteiger partial charge is 0.389 e. The highest BCUT2D eigenvalue weighted by Crippen LogP contribution is 2.11. The van der Waals surface area contributed by atoms with Gasteiger partial charge in [0.15, 0.2) is 0 Å². The fourth-order valence-electron chi connectivity index (χ4n) is 2.36. The van der Waals surface area contributed by atoms with Crippen LogP contribution in [0.3, 0.4) is 0 Å². The maximum Gasteiger partial charge on any atom is 0.222 e. The molecule has 1 aliphatic heterocycles. The second-order valence-corrected chi connectivity index (χ2v) is 6.30. The summed E-state index contributed by atoms with van der Waals surface area (Å²) < 4.78 is 5.42. The molecule has 2 unspecified atom stereocenters. The van der Waals surface area contributed by atoms with Crippen LogP contribution >= 0.6 is 0 Å². The summed E-state index contributed by atoms with van der Waals surface area (Å²) in [5, 5.41) is 13.0. The van der Waals surface area contributed by atoms with Crippen molar-refractivity contribution in [3.05, 3.63) is 0 Å². The van der Waals surface area contributed by atoms with Crippen LogP contribution in [0, 0.1) is 5.92 Å². The first-order chi connectivity index (χ1) is 9.38. The molecule has 1 aliphatic rings. The fourth-order valence-corrected chi connectivity index (χ4v) is 2.36. The first kappa shape index (κ1) is 17.4. The van der Waals surface area contributed by atoms with Gasteiger partial charge >= 0.3 is 0 Å². The summed E-state index contributed by atoms with van der Waals surface area (Å²) in [6.45, 7) is 10.5. The molecule has 1 amide bonds. The van der Waals surface area contributed by atoms with Crippen molar-refractivity contribution in [1.29, 1.82) is 0 Å². The predicted octanol–water partition coefficient (Wildman–Crippen LogP) is 1.01. The number of β-amino-alcohol motifs (C(OH)–C–C–N with tert-alkyl or cyclic N) is 1. The zero-order valence-corrected chi connectivity index (χ0v) is 13.3. The molecule has 0 aliphatic carbocycles. The van der Waals surface area contributed by atoms with Crippen LogP contribution in [0.4, 0.5) is 0 Å². The van der Waals surface area contributed by atoms with E-state index in [0.717, 1.165) is 25.9 Å². The van der Waals surface area contributed by atoms with Crippen molar-refractivity contribution in [3.63, 3.8) is 0 Å². The average molecular weight is 286 g/mol. The number of carbonyl (C=O) groups is 1. The molecule has 0 aromatic rings. The minimum Gasteiger partial charge on any atom is -0.389 e. The van der Waals surface area contributed by atoms with E-state index in [-0.39, 0.29) is 24.0 Å². The van der Waals surface area contributed by atoms with Gasteiger partial charge in [-0.2, -0.15) is 0 Å². The molecule has 1 heterocycles. The van der Waals surface area contributed by atoms with Crippen molar-refractivity contribution in [1.82, 2.24) is 10.2 Å². The standard InChI is InChI=1S/C15H30N2O3/c1-11(2)15(19)16-13-6-5-7-17(8-13)9-14(18)10-20-12(3)4/h11-14,18H,5-10H2,1-4H3,(H,16,19). The summed E-state index contributed by atoms with van der Waals surface area (Å²) >= 11 is 0. The number of carbonyl (C=O) groups excluding carboxylic acids is 1. The summed E-state index contributed by atoms with van der Waals surface area (Å²) in [7, 11) is 0. The van der Waals surface area contributed by atoms with Crippen LogP contribution in [-0.4, -0.2) is 60.4 Å². The third kappa shape index (κ3) is 6.68. The molecule has 1 saturated heterocycles. The number of aliphatic hydroxyl groups excluding tert-OH is 1. The Labute approximate surface area is 122 Å². The molecule has 2 atom stereocenters. The molecule has 0 saturated carbocycles. The first-order valence-corrected chi connectivity index (χ1v) is 7.71. The number of aliphatic hydroxyl groups is 1. The molecule has 0 radical (unpaired) electrons. The number of hydrogen-bond acceptors (Lipinski definition) is 4. The quantitative estimate of drug-likeness (QED) is 0.733. The summed E-state index contributed by atoms with van der Waals surface area (Å²) in [4.78, 5) is 13.9. The number of likely N-dealkylation sites (tertiary alicyclic amines) is 1. The Balaban J connectivity index is 2.31. The smallest absolute Gasteiger partial charge is 0.222 e. The highest BCUT2D eigenvalue weighted by atomic mass is 16.5. The minimum absolute atomic E-state index is 0.0235. The predicted molar refractivity (Wildman–Crippen MR) is 79.5 cm³/mol. The fraction of sp³-hybridized carbons (Fsp3) is 0.933. The van der Waals surface area contributed by atoms with Crippen LogP contribution in [-0.2, 0) is 9.53 Å². The van der Waals surface area contributed by atoms with Crippen molar-refractivity contribution in [3.8, 4) is 0 Å². The molecule has 0 aromatic carbocycles. The summed E-state index contributed by atoms with van der Waals surface area (Å²) in [6.07, 6.45) is 1.76. The zero-order valence-electron chi connectivity index (χ0n) is 13.3. The Morgan fingerprint density at radius 3 is 2.70 bits per heavy atom. The van der Waals surface area contributed by atoms with E-state index >= 15 is 0 Å². The van der Waals surface area contributed by atoms with Gasteiger partial charge in [0.25, 0.3) is 0 Å². The van der Waals surface area contributed by atoms with E-state index in [1.807, 2.05) is 27.7 Å². The third-order valence-corrected chi connectivity index (χ3v) is 3.47. The lowest BCUT2D eigenvalue weighted by Gasteiger charge is -2.34. The number of rotatable bonds is 7. The average Bonchev–Trinajstić information content (AvgIpc) is 2.36. The number of nitrogens with one attached hydrogen (secondary N) is 1. The lowest BCUT2D eigenvalue weighted by molar-refractivity contribution is -0.125. The second-order valence-electron chi connectivity index (χ2n) is 6.30. The number of hydrogen-bond donors (Lipinski definition) is 2. The van der Waals surface area contributed by atoms with Gasteiger partial charge in [0.2, 0.25) is 5.91 Å². The van der Waals surface area contributed by atoms with Gasteiger partial charge in [-0.05, 0) is 33.2 Å². The van der Waals surface area contributed by atoms with Crippen molar-refractivity contribution >= 4 is 5.91 Å². The van der Waals surface area contributed by atoms with Gasteiger partial charge in [0, 0.05) is 25.0 Å². The Bertz CT molecular complexity index is 295. The number of piperidine rings is 1. The van der Waals surface area contributed by atoms with Crippen LogP contribution in [0.2, 0.25) is 0 Å². The summed E-state index contributed by atoms with van der Waals surface area (Å²) in [6, 6.07) is 0.205. The molecule has 118 valence electrons. The molecule has 5 heteroatoms. The first-order valence-electron chi connectivity index (χ1n) is 7.71. The molecule has 1 fully saturated rings. The van der Waals surface area contributed by atoms with E-state index < -0.39 is 6.10 Å². The Kier molecular flexibility index (Phi) is 7.48. The van der Waals surface area contributed by atoms with E-state index in [0.29, 0.717) is 13.2 Å². The summed E-state index contributed by atoms with van der Waals surface area (Å²) in [5.41, 5.74) is 0. The van der Waals surface area contributed by atoms with Crippen molar-refractivity contribution in [2.24, 2.45) is 5.92 Å². The highest BCUT2D eigenvalue weighted by Gasteiger charge is 2.23. The molecule has 1 rings (SSSR count). The third-order valence-electron chi connectivity index (χ3n) is 3.47. The minimum atomic E-state index is -0.461. The summed E-state index contributed by atoms with van der Waals surface area (Å²) in [5.74, 6) is 0.135. The molecular formula is C15H30N2O3.